The summed E-state index contributed by atoms with van der Waals surface area (Å²) < 4.78 is 0. The van der Waals surface area contributed by atoms with Gasteiger partial charge in [-0.3, -0.25) is 19.6 Å². The molecule has 10 heteroatoms. The third-order valence-corrected chi connectivity index (χ3v) is 15.7. The third-order valence-electron chi connectivity index (χ3n) is 15.7. The molecule has 0 aliphatic carbocycles. The number of hydrogen-bond donors (Lipinski definition) is 6. The molecule has 79 heavy (non-hydrogen) atoms. The Kier molecular flexibility index (Phi) is 14.7. The Hall–Kier alpha value is -9.28. The first-order valence-corrected chi connectivity index (χ1v) is 27.5. The van der Waals surface area contributed by atoms with Crippen LogP contribution in [0.2, 0.25) is 0 Å². The quantitative estimate of drug-likeness (QED) is 0.0900. The number of carbonyl (C=O) groups excluding carboxylic acids is 2. The van der Waals surface area contributed by atoms with Gasteiger partial charge in [0.25, 0.3) is 11.8 Å². The van der Waals surface area contributed by atoms with Gasteiger partial charge in [-0.2, -0.15) is 0 Å². The van der Waals surface area contributed by atoms with Crippen LogP contribution >= 0.6 is 0 Å². The van der Waals surface area contributed by atoms with Gasteiger partial charge in [-0.1, -0.05) is 172 Å². The molecule has 394 valence electrons. The topological polar surface area (TPSA) is 146 Å². The van der Waals surface area contributed by atoms with Gasteiger partial charge in [0, 0.05) is 33.9 Å². The van der Waals surface area contributed by atoms with Crippen molar-refractivity contribution in [3.8, 4) is 22.3 Å². The average Bonchev–Trinajstić information content (AvgIpc) is 4.23. The number of nitrogens with one attached hydrogen (secondary N) is 6. The predicted octanol–water partition coefficient (Wildman–Crippen LogP) is 16.5. The Morgan fingerprint density at radius 3 is 1.19 bits per heavy atom. The van der Waals surface area contributed by atoms with Crippen molar-refractivity contribution >= 4 is 47.0 Å². The molecule has 0 radical (unpaired) electrons. The van der Waals surface area contributed by atoms with Crippen LogP contribution in [-0.2, 0) is 12.8 Å². The number of rotatable bonds is 8. The minimum absolute atomic E-state index is 0.185. The summed E-state index contributed by atoms with van der Waals surface area (Å²) in [6, 6.07) is 54.6. The minimum Gasteiger partial charge on any atom is -0.356 e. The zero-order chi connectivity index (χ0) is 54.7. The van der Waals surface area contributed by atoms with Crippen molar-refractivity contribution in [2.75, 3.05) is 10.6 Å². The maximum Gasteiger partial charge on any atom is 0.272 e. The molecule has 10 nitrogen and oxygen atoms in total. The smallest absolute Gasteiger partial charge is 0.272 e. The molecule has 8 bridgehead atoms. The molecule has 0 fully saturated rings. The number of aliphatic imine (C=N–C) groups is 2. The van der Waals surface area contributed by atoms with Crippen molar-refractivity contribution in [3.05, 3.63) is 259 Å². The van der Waals surface area contributed by atoms with E-state index in [0.717, 1.165) is 104 Å². The summed E-state index contributed by atoms with van der Waals surface area (Å²) in [6.07, 6.45) is 7.42. The highest BCUT2D eigenvalue weighted by atomic mass is 16.2. The number of aromatic amines is 4. The Morgan fingerprint density at radius 1 is 0.405 bits per heavy atom. The first-order chi connectivity index (χ1) is 38.5. The van der Waals surface area contributed by atoms with E-state index < -0.39 is 5.92 Å². The maximum atomic E-state index is 15.3. The Morgan fingerprint density at radius 2 is 0.772 bits per heavy atom. The fraction of sp³-hybridized carbons (Fsp3) is 0.188. The summed E-state index contributed by atoms with van der Waals surface area (Å²) in [4.78, 5) is 56.2. The average molecular weight is 1040 g/mol. The molecule has 2 amide bonds. The standard InChI is InChI=1S/C69H66N8O2/c1-8-23-50-42(4)62-61(49-37-35-41(3)36-38-49)63-43(5)51(24-9-2)57(73-63)40-71-53-32-20-22-34-55(53)75-69(79)67-59(47-27-15-11-16-28-47)45(7)65(77-67)60(48-29-17-12-18-30-48)64-44(6)58(46-25-13-10-14-26-46)66(76-64)68(78)74-54-33-21-19-31-52(54)70-39-56(50)72-62/h10-22,25-40,60-61,72-73,76-77H,8-9,23-24H2,1-7H3,(H,74,78)(H,75,79). The highest BCUT2D eigenvalue weighted by Gasteiger charge is 2.33. The van der Waals surface area contributed by atoms with E-state index in [2.05, 4.69) is 115 Å². The predicted molar refractivity (Wildman–Crippen MR) is 324 cm³/mol. The summed E-state index contributed by atoms with van der Waals surface area (Å²) >= 11 is 0. The van der Waals surface area contributed by atoms with Crippen LogP contribution in [0.25, 0.3) is 22.3 Å². The van der Waals surface area contributed by atoms with Crippen molar-refractivity contribution in [1.29, 1.82) is 0 Å². The fourth-order valence-electron chi connectivity index (χ4n) is 11.8. The molecule has 0 unspecified atom stereocenters. The lowest BCUT2D eigenvalue weighted by molar-refractivity contribution is 0.101. The molecule has 10 aromatic rings. The highest BCUT2D eigenvalue weighted by molar-refractivity contribution is 6.11. The van der Waals surface area contributed by atoms with E-state index in [9.17, 15) is 0 Å². The monoisotopic (exact) mass is 1040 g/mol. The second-order valence-corrected chi connectivity index (χ2v) is 20.8. The van der Waals surface area contributed by atoms with Gasteiger partial charge in [0.1, 0.15) is 11.4 Å². The van der Waals surface area contributed by atoms with Crippen LogP contribution in [-0.4, -0.2) is 44.2 Å². The molecule has 0 atom stereocenters. The molecule has 6 aromatic carbocycles. The van der Waals surface area contributed by atoms with E-state index in [1.807, 2.05) is 140 Å². The fourth-order valence-corrected chi connectivity index (χ4v) is 11.8. The number of amides is 2. The Labute approximate surface area is 462 Å². The molecule has 0 spiro atoms. The number of para-hydroxylation sites is 4. The summed E-state index contributed by atoms with van der Waals surface area (Å²) in [6.45, 7) is 15.1. The van der Waals surface area contributed by atoms with Crippen LogP contribution in [0.1, 0.15) is 144 Å². The largest absolute Gasteiger partial charge is 0.356 e. The number of benzene rings is 6. The van der Waals surface area contributed by atoms with E-state index in [0.29, 0.717) is 34.1 Å². The Balaban J connectivity index is 1.16. The van der Waals surface area contributed by atoms with E-state index in [1.165, 1.54) is 27.8 Å². The Bertz CT molecular complexity index is 3700. The van der Waals surface area contributed by atoms with Gasteiger partial charge < -0.3 is 30.6 Å². The number of aromatic nitrogens is 4. The van der Waals surface area contributed by atoms with Crippen molar-refractivity contribution in [1.82, 2.24) is 19.9 Å². The summed E-state index contributed by atoms with van der Waals surface area (Å²) in [5.41, 5.74) is 22.0. The first kappa shape index (κ1) is 51.8. The van der Waals surface area contributed by atoms with Crippen LogP contribution in [0.5, 0.6) is 0 Å². The molecule has 6 N–H and O–H groups in total. The van der Waals surface area contributed by atoms with Crippen LogP contribution in [0, 0.1) is 34.6 Å². The molecule has 1 aliphatic heterocycles. The van der Waals surface area contributed by atoms with Gasteiger partial charge in [-0.15, -0.1) is 0 Å². The summed E-state index contributed by atoms with van der Waals surface area (Å²) in [5.74, 6) is -1.28. The van der Waals surface area contributed by atoms with E-state index in [1.54, 1.807) is 0 Å². The number of anilines is 2. The van der Waals surface area contributed by atoms with Crippen molar-refractivity contribution in [2.45, 2.75) is 86.0 Å². The van der Waals surface area contributed by atoms with E-state index in [4.69, 9.17) is 9.98 Å². The number of carbonyl (C=O) groups is 2. The number of fused-ring (bicyclic) bond motifs is 10. The lowest BCUT2D eigenvalue weighted by Gasteiger charge is -2.19. The van der Waals surface area contributed by atoms with Gasteiger partial charge >= 0.3 is 0 Å². The molecular formula is C69H66N8O2. The van der Waals surface area contributed by atoms with E-state index >= 15 is 9.59 Å². The molecule has 0 saturated carbocycles. The molecule has 4 aromatic heterocycles. The molecule has 11 rings (SSSR count). The lowest BCUT2D eigenvalue weighted by atomic mass is 9.86. The van der Waals surface area contributed by atoms with Crippen molar-refractivity contribution in [3.63, 3.8) is 0 Å². The highest BCUT2D eigenvalue weighted by Crippen LogP contribution is 2.44. The van der Waals surface area contributed by atoms with Crippen LogP contribution in [0.4, 0.5) is 22.7 Å². The van der Waals surface area contributed by atoms with E-state index in [-0.39, 0.29) is 17.7 Å². The summed E-state index contributed by atoms with van der Waals surface area (Å²) in [7, 11) is 0. The van der Waals surface area contributed by atoms with Gasteiger partial charge in [0.2, 0.25) is 0 Å². The number of H-pyrrole nitrogens is 4. The van der Waals surface area contributed by atoms with Gasteiger partial charge in [-0.05, 0) is 127 Å². The summed E-state index contributed by atoms with van der Waals surface area (Å²) in [5, 5.41) is 6.61. The zero-order valence-corrected chi connectivity index (χ0v) is 45.9. The number of nitrogens with zero attached hydrogens (tertiary/aromatic N) is 2. The number of aryl methyl sites for hydroxylation is 1. The van der Waals surface area contributed by atoms with Crippen LogP contribution in [0.3, 0.4) is 0 Å². The molecule has 5 heterocycles. The third kappa shape index (κ3) is 10.0. The van der Waals surface area contributed by atoms with Crippen molar-refractivity contribution < 1.29 is 9.59 Å². The number of hydrogen-bond acceptors (Lipinski definition) is 4. The first-order valence-electron chi connectivity index (χ1n) is 27.5. The maximum absolute atomic E-state index is 15.3. The lowest BCUT2D eigenvalue weighted by Crippen LogP contribution is -2.15. The van der Waals surface area contributed by atoms with Gasteiger partial charge in [0.15, 0.2) is 0 Å². The zero-order valence-electron chi connectivity index (χ0n) is 45.9. The molecule has 0 saturated heterocycles. The minimum atomic E-state index is -0.468. The normalized spacial score (nSPS) is 14.6. The SMILES string of the molecule is CCCc1c2[nH]c(c1C)C(c1ccc(C)cc1)c1[nH]c(c(CCC)c1C)C=Nc1ccccc1NC(=O)c1[nH]c(c(C)c1-c1ccccc1)C(c1ccccc1)c1[nH]c(c(-c3ccccc3)c1C)C(=O)Nc1ccccc1N=C2. The molecule has 1 aliphatic rings. The van der Waals surface area contributed by atoms with Crippen LogP contribution < -0.4 is 10.6 Å². The van der Waals surface area contributed by atoms with Crippen LogP contribution in [0.15, 0.2) is 174 Å². The van der Waals surface area contributed by atoms with Gasteiger partial charge in [0.05, 0.1) is 58.4 Å². The van der Waals surface area contributed by atoms with Crippen molar-refractivity contribution in [2.24, 2.45) is 9.98 Å². The molecular weight excluding hydrogens is 973 g/mol. The second kappa shape index (κ2) is 22.4. The van der Waals surface area contributed by atoms with Gasteiger partial charge in [-0.25, -0.2) is 0 Å². The second-order valence-electron chi connectivity index (χ2n) is 20.8.